The number of aryl methyl sites for hydroxylation is 1. The molecule has 2 aliphatic heterocycles. The Balaban J connectivity index is 1.48. The number of nitrogens with zero attached hydrogens (tertiary/aromatic N) is 3. The van der Waals surface area contributed by atoms with Gasteiger partial charge in [-0.15, -0.1) is 0 Å². The SMILES string of the molecule is Cc1cccc(F)c1C(=O)N1C[C@@H]2CCN(Cc3cccnc3)[C@@H]2C1. The van der Waals surface area contributed by atoms with E-state index in [4.69, 9.17) is 0 Å². The van der Waals surface area contributed by atoms with Gasteiger partial charge in [-0.05, 0) is 49.1 Å². The van der Waals surface area contributed by atoms with Gasteiger partial charge in [0.05, 0.1) is 5.56 Å². The number of carbonyl (C=O) groups is 1. The molecule has 2 aromatic rings. The van der Waals surface area contributed by atoms with Gasteiger partial charge in [0.2, 0.25) is 0 Å². The van der Waals surface area contributed by atoms with E-state index in [1.165, 1.54) is 11.6 Å². The van der Waals surface area contributed by atoms with Crippen molar-refractivity contribution >= 4 is 5.91 Å². The van der Waals surface area contributed by atoms with Gasteiger partial charge < -0.3 is 4.90 Å². The molecule has 0 saturated carbocycles. The zero-order chi connectivity index (χ0) is 17.4. The van der Waals surface area contributed by atoms with Crippen molar-refractivity contribution < 1.29 is 9.18 Å². The number of halogens is 1. The number of aromatic nitrogens is 1. The van der Waals surface area contributed by atoms with Crippen LogP contribution in [0.2, 0.25) is 0 Å². The number of rotatable bonds is 3. The third-order valence-electron chi connectivity index (χ3n) is 5.49. The molecule has 5 heteroatoms. The number of amides is 1. The first kappa shape index (κ1) is 16.2. The molecule has 2 saturated heterocycles. The molecule has 4 nitrogen and oxygen atoms in total. The highest BCUT2D eigenvalue weighted by molar-refractivity contribution is 5.96. The second kappa shape index (κ2) is 6.56. The van der Waals surface area contributed by atoms with Crippen molar-refractivity contribution in [2.45, 2.75) is 25.9 Å². The fraction of sp³-hybridized carbons (Fsp3) is 0.400. The predicted molar refractivity (Wildman–Crippen MR) is 93.6 cm³/mol. The van der Waals surface area contributed by atoms with Crippen molar-refractivity contribution in [3.63, 3.8) is 0 Å². The fourth-order valence-electron chi connectivity index (χ4n) is 4.20. The van der Waals surface area contributed by atoms with Crippen LogP contribution in [0.5, 0.6) is 0 Å². The lowest BCUT2D eigenvalue weighted by molar-refractivity contribution is 0.0765. The molecule has 4 rings (SSSR count). The highest BCUT2D eigenvalue weighted by Gasteiger charge is 2.43. The number of hydrogen-bond acceptors (Lipinski definition) is 3. The molecule has 25 heavy (non-hydrogen) atoms. The lowest BCUT2D eigenvalue weighted by atomic mass is 10.0. The molecule has 1 aromatic heterocycles. The number of hydrogen-bond donors (Lipinski definition) is 0. The minimum Gasteiger partial charge on any atom is -0.337 e. The number of pyridine rings is 1. The van der Waals surface area contributed by atoms with Gasteiger partial charge in [0.25, 0.3) is 5.91 Å². The summed E-state index contributed by atoms with van der Waals surface area (Å²) in [4.78, 5) is 21.3. The van der Waals surface area contributed by atoms with Crippen molar-refractivity contribution in [1.82, 2.24) is 14.8 Å². The third kappa shape index (κ3) is 3.04. The minimum atomic E-state index is -0.422. The van der Waals surface area contributed by atoms with Crippen LogP contribution in [-0.4, -0.2) is 46.4 Å². The maximum Gasteiger partial charge on any atom is 0.257 e. The molecule has 2 aliphatic rings. The molecule has 0 aliphatic carbocycles. The summed E-state index contributed by atoms with van der Waals surface area (Å²) >= 11 is 0. The van der Waals surface area contributed by atoms with E-state index in [0.29, 0.717) is 24.1 Å². The maximum atomic E-state index is 14.1. The molecule has 0 spiro atoms. The van der Waals surface area contributed by atoms with E-state index in [0.717, 1.165) is 26.1 Å². The Hall–Kier alpha value is -2.27. The first-order chi connectivity index (χ1) is 12.1. The molecule has 2 atom stereocenters. The van der Waals surface area contributed by atoms with Gasteiger partial charge in [0.1, 0.15) is 5.82 Å². The van der Waals surface area contributed by atoms with E-state index in [9.17, 15) is 9.18 Å². The average molecular weight is 339 g/mol. The molecule has 0 bridgehead atoms. The number of carbonyl (C=O) groups excluding carboxylic acids is 1. The summed E-state index contributed by atoms with van der Waals surface area (Å²) in [6.45, 7) is 5.10. The quantitative estimate of drug-likeness (QED) is 0.863. The number of benzene rings is 1. The van der Waals surface area contributed by atoms with Crippen molar-refractivity contribution in [2.75, 3.05) is 19.6 Å². The highest BCUT2D eigenvalue weighted by atomic mass is 19.1. The van der Waals surface area contributed by atoms with E-state index in [-0.39, 0.29) is 11.5 Å². The smallest absolute Gasteiger partial charge is 0.257 e. The molecule has 1 aromatic carbocycles. The van der Waals surface area contributed by atoms with Crippen LogP contribution in [0.1, 0.15) is 27.9 Å². The molecule has 0 radical (unpaired) electrons. The van der Waals surface area contributed by atoms with Crippen LogP contribution in [-0.2, 0) is 6.54 Å². The molecular formula is C20H22FN3O. The van der Waals surface area contributed by atoms with Gasteiger partial charge in [-0.3, -0.25) is 14.7 Å². The van der Waals surface area contributed by atoms with Crippen LogP contribution < -0.4 is 0 Å². The van der Waals surface area contributed by atoms with Gasteiger partial charge in [0, 0.05) is 38.1 Å². The summed E-state index contributed by atoms with van der Waals surface area (Å²) in [6, 6.07) is 9.20. The van der Waals surface area contributed by atoms with Crippen LogP contribution >= 0.6 is 0 Å². The van der Waals surface area contributed by atoms with Gasteiger partial charge >= 0.3 is 0 Å². The molecule has 0 unspecified atom stereocenters. The summed E-state index contributed by atoms with van der Waals surface area (Å²) < 4.78 is 14.1. The Kier molecular flexibility index (Phi) is 4.25. The van der Waals surface area contributed by atoms with Crippen LogP contribution in [0.3, 0.4) is 0 Å². The van der Waals surface area contributed by atoms with Crippen LogP contribution in [0.15, 0.2) is 42.7 Å². The van der Waals surface area contributed by atoms with Crippen molar-refractivity contribution in [1.29, 1.82) is 0 Å². The minimum absolute atomic E-state index is 0.175. The normalized spacial score (nSPS) is 23.0. The average Bonchev–Trinajstić information content (AvgIpc) is 3.18. The topological polar surface area (TPSA) is 36.4 Å². The maximum absolute atomic E-state index is 14.1. The molecule has 1 amide bonds. The lowest BCUT2D eigenvalue weighted by Gasteiger charge is -2.25. The summed E-state index contributed by atoms with van der Waals surface area (Å²) in [5.74, 6) is -0.117. The summed E-state index contributed by atoms with van der Waals surface area (Å²) in [5, 5.41) is 0. The lowest BCUT2D eigenvalue weighted by Crippen LogP contribution is -2.37. The largest absolute Gasteiger partial charge is 0.337 e. The standard InChI is InChI=1S/C20H22FN3O/c1-14-4-2-6-17(21)19(14)20(25)24-12-16-7-9-23(18(16)13-24)11-15-5-3-8-22-10-15/h2-6,8,10,16,18H,7,9,11-13H2,1H3/t16-,18+/m0/s1. The zero-order valence-electron chi connectivity index (χ0n) is 14.4. The Morgan fingerprint density at radius 2 is 2.16 bits per heavy atom. The van der Waals surface area contributed by atoms with Crippen molar-refractivity contribution in [2.24, 2.45) is 5.92 Å². The molecular weight excluding hydrogens is 317 g/mol. The van der Waals surface area contributed by atoms with E-state index >= 15 is 0 Å². The van der Waals surface area contributed by atoms with E-state index in [1.807, 2.05) is 17.2 Å². The Bertz CT molecular complexity index is 760. The molecule has 0 N–H and O–H groups in total. The Labute approximate surface area is 147 Å². The van der Waals surface area contributed by atoms with Crippen LogP contribution in [0.4, 0.5) is 4.39 Å². The fourth-order valence-corrected chi connectivity index (χ4v) is 4.20. The van der Waals surface area contributed by atoms with Gasteiger partial charge in [-0.1, -0.05) is 18.2 Å². The zero-order valence-corrected chi connectivity index (χ0v) is 14.4. The van der Waals surface area contributed by atoms with Crippen molar-refractivity contribution in [3.8, 4) is 0 Å². The number of likely N-dealkylation sites (tertiary alicyclic amines) is 2. The second-order valence-electron chi connectivity index (χ2n) is 7.09. The first-order valence-corrected chi connectivity index (χ1v) is 8.81. The third-order valence-corrected chi connectivity index (χ3v) is 5.49. The van der Waals surface area contributed by atoms with Crippen LogP contribution in [0.25, 0.3) is 0 Å². The summed E-state index contributed by atoms with van der Waals surface area (Å²) in [7, 11) is 0. The van der Waals surface area contributed by atoms with Gasteiger partial charge in [-0.2, -0.15) is 0 Å². The summed E-state index contributed by atoms with van der Waals surface area (Å²) in [6.07, 6.45) is 4.77. The first-order valence-electron chi connectivity index (χ1n) is 8.81. The molecule has 2 fully saturated rings. The monoisotopic (exact) mass is 339 g/mol. The molecule has 3 heterocycles. The number of fused-ring (bicyclic) bond motifs is 1. The van der Waals surface area contributed by atoms with E-state index in [1.54, 1.807) is 25.3 Å². The highest BCUT2D eigenvalue weighted by Crippen LogP contribution is 2.33. The van der Waals surface area contributed by atoms with Crippen molar-refractivity contribution in [3.05, 3.63) is 65.2 Å². The predicted octanol–water partition coefficient (Wildman–Crippen LogP) is 2.88. The Morgan fingerprint density at radius 1 is 1.28 bits per heavy atom. The molecule has 130 valence electrons. The second-order valence-corrected chi connectivity index (χ2v) is 7.09. The van der Waals surface area contributed by atoms with Gasteiger partial charge in [0.15, 0.2) is 0 Å². The van der Waals surface area contributed by atoms with E-state index in [2.05, 4.69) is 16.0 Å². The summed E-state index contributed by atoms with van der Waals surface area (Å²) in [5.41, 5.74) is 2.12. The van der Waals surface area contributed by atoms with Crippen LogP contribution in [0, 0.1) is 18.7 Å². The van der Waals surface area contributed by atoms with E-state index < -0.39 is 5.82 Å². The van der Waals surface area contributed by atoms with Gasteiger partial charge in [-0.25, -0.2) is 4.39 Å². The Morgan fingerprint density at radius 3 is 2.92 bits per heavy atom.